The second-order valence-corrected chi connectivity index (χ2v) is 7.39. The Morgan fingerprint density at radius 1 is 1.07 bits per heavy atom. The maximum absolute atomic E-state index is 9.99. The SMILES string of the molecule is CSc1nc(-c2ccc(C)cc2)c(C#N)c(N2CCCc3ccccc32)n1. The Kier molecular flexibility index (Phi) is 4.83. The lowest BCUT2D eigenvalue weighted by atomic mass is 10.0. The van der Waals surface area contributed by atoms with Crippen LogP contribution in [-0.4, -0.2) is 22.8 Å². The van der Waals surface area contributed by atoms with E-state index in [1.165, 1.54) is 22.9 Å². The smallest absolute Gasteiger partial charge is 0.189 e. The lowest BCUT2D eigenvalue weighted by Gasteiger charge is -2.31. The highest BCUT2D eigenvalue weighted by Gasteiger charge is 2.25. The third-order valence-corrected chi connectivity index (χ3v) is 5.40. The fraction of sp³-hybridized carbons (Fsp3) is 0.227. The highest BCUT2D eigenvalue weighted by Crippen LogP contribution is 2.37. The molecule has 0 unspecified atom stereocenters. The molecule has 1 aliphatic heterocycles. The highest BCUT2D eigenvalue weighted by atomic mass is 32.2. The van der Waals surface area contributed by atoms with Gasteiger partial charge < -0.3 is 4.90 Å². The average molecular weight is 372 g/mol. The van der Waals surface area contributed by atoms with Crippen molar-refractivity contribution in [1.82, 2.24) is 9.97 Å². The molecule has 4 nitrogen and oxygen atoms in total. The van der Waals surface area contributed by atoms with Crippen LogP contribution in [0.1, 0.15) is 23.1 Å². The molecule has 0 spiro atoms. The quantitative estimate of drug-likeness (QED) is 0.471. The number of para-hydroxylation sites is 1. The zero-order chi connectivity index (χ0) is 18.8. The van der Waals surface area contributed by atoms with Crippen LogP contribution in [0.3, 0.4) is 0 Å². The van der Waals surface area contributed by atoms with Gasteiger partial charge in [0.15, 0.2) is 11.0 Å². The molecule has 0 radical (unpaired) electrons. The number of rotatable bonds is 3. The van der Waals surface area contributed by atoms with Crippen molar-refractivity contribution in [2.24, 2.45) is 0 Å². The van der Waals surface area contributed by atoms with Gasteiger partial charge in [-0.2, -0.15) is 5.26 Å². The number of benzene rings is 2. The first-order chi connectivity index (χ1) is 13.2. The minimum absolute atomic E-state index is 0.536. The molecule has 1 aliphatic rings. The topological polar surface area (TPSA) is 52.8 Å². The Hall–Kier alpha value is -2.84. The number of thioether (sulfide) groups is 1. The Labute approximate surface area is 163 Å². The number of nitriles is 1. The van der Waals surface area contributed by atoms with Gasteiger partial charge in [0.2, 0.25) is 0 Å². The molecule has 0 atom stereocenters. The number of fused-ring (bicyclic) bond motifs is 1. The van der Waals surface area contributed by atoms with Crippen LogP contribution >= 0.6 is 11.8 Å². The number of aryl methyl sites for hydroxylation is 2. The molecule has 0 bridgehead atoms. The van der Waals surface area contributed by atoms with E-state index in [0.717, 1.165) is 30.6 Å². The highest BCUT2D eigenvalue weighted by molar-refractivity contribution is 7.98. The van der Waals surface area contributed by atoms with E-state index in [9.17, 15) is 5.26 Å². The number of hydrogen-bond donors (Lipinski definition) is 0. The summed E-state index contributed by atoms with van der Waals surface area (Å²) in [6.45, 7) is 2.91. The van der Waals surface area contributed by atoms with E-state index in [0.29, 0.717) is 22.2 Å². The third-order valence-electron chi connectivity index (χ3n) is 4.85. The first-order valence-corrected chi connectivity index (χ1v) is 10.2. The summed E-state index contributed by atoms with van der Waals surface area (Å²) in [7, 11) is 0. The molecule has 0 saturated heterocycles. The van der Waals surface area contributed by atoms with Crippen LogP contribution in [0.15, 0.2) is 53.7 Å². The fourth-order valence-corrected chi connectivity index (χ4v) is 3.85. The van der Waals surface area contributed by atoms with E-state index in [1.807, 2.05) is 36.6 Å². The van der Waals surface area contributed by atoms with Crippen molar-refractivity contribution in [3.05, 3.63) is 65.2 Å². The number of nitrogens with zero attached hydrogens (tertiary/aromatic N) is 4. The lowest BCUT2D eigenvalue weighted by Crippen LogP contribution is -2.26. The molecule has 2 heterocycles. The molecule has 3 aromatic rings. The number of anilines is 2. The van der Waals surface area contributed by atoms with Gasteiger partial charge in [0.1, 0.15) is 11.6 Å². The average Bonchev–Trinajstić information content (AvgIpc) is 2.73. The molecule has 1 aromatic heterocycles. The lowest BCUT2D eigenvalue weighted by molar-refractivity contribution is 0.751. The molecule has 27 heavy (non-hydrogen) atoms. The van der Waals surface area contributed by atoms with E-state index in [4.69, 9.17) is 4.98 Å². The van der Waals surface area contributed by atoms with Crippen LogP contribution in [-0.2, 0) is 6.42 Å². The van der Waals surface area contributed by atoms with Gasteiger partial charge >= 0.3 is 0 Å². The molecule has 0 amide bonds. The summed E-state index contributed by atoms with van der Waals surface area (Å²) in [5.41, 5.74) is 5.81. The largest absolute Gasteiger partial charge is 0.325 e. The van der Waals surface area contributed by atoms with Gasteiger partial charge in [0.05, 0.1) is 5.69 Å². The Balaban J connectivity index is 1.93. The zero-order valence-corrected chi connectivity index (χ0v) is 16.3. The molecular weight excluding hydrogens is 352 g/mol. The third kappa shape index (κ3) is 3.29. The van der Waals surface area contributed by atoms with Crippen molar-refractivity contribution in [3.8, 4) is 17.3 Å². The molecule has 0 fully saturated rings. The molecule has 134 valence electrons. The van der Waals surface area contributed by atoms with Gasteiger partial charge in [-0.3, -0.25) is 0 Å². The summed E-state index contributed by atoms with van der Waals surface area (Å²) in [6.07, 6.45) is 4.06. The van der Waals surface area contributed by atoms with Crippen LogP contribution < -0.4 is 4.90 Å². The van der Waals surface area contributed by atoms with Crippen molar-refractivity contribution in [2.45, 2.75) is 24.9 Å². The van der Waals surface area contributed by atoms with E-state index in [-0.39, 0.29) is 0 Å². The standard InChI is InChI=1S/C22H20N4S/c1-15-9-11-17(12-10-15)20-18(14-23)21(25-22(24-20)27-2)26-13-5-7-16-6-3-4-8-19(16)26/h3-4,6,8-12H,5,7,13H2,1-2H3. The van der Waals surface area contributed by atoms with Crippen molar-refractivity contribution >= 4 is 23.3 Å². The molecule has 0 N–H and O–H groups in total. The Bertz CT molecular complexity index is 1020. The Morgan fingerprint density at radius 2 is 1.85 bits per heavy atom. The molecule has 5 heteroatoms. The van der Waals surface area contributed by atoms with E-state index >= 15 is 0 Å². The second-order valence-electron chi connectivity index (χ2n) is 6.62. The van der Waals surface area contributed by atoms with Gasteiger partial charge in [0, 0.05) is 17.8 Å². The fourth-order valence-electron chi connectivity index (χ4n) is 3.49. The second kappa shape index (κ2) is 7.42. The maximum Gasteiger partial charge on any atom is 0.189 e. The Morgan fingerprint density at radius 3 is 2.59 bits per heavy atom. The van der Waals surface area contributed by atoms with Crippen LogP contribution in [0, 0.1) is 18.3 Å². The maximum atomic E-state index is 9.99. The van der Waals surface area contributed by atoms with Crippen molar-refractivity contribution in [1.29, 1.82) is 5.26 Å². The number of hydrogen-bond acceptors (Lipinski definition) is 5. The van der Waals surface area contributed by atoms with Crippen LogP contribution in [0.5, 0.6) is 0 Å². The molecule has 0 aliphatic carbocycles. The van der Waals surface area contributed by atoms with Gasteiger partial charge in [-0.15, -0.1) is 0 Å². The van der Waals surface area contributed by atoms with E-state index in [1.54, 1.807) is 0 Å². The van der Waals surface area contributed by atoms with Gasteiger partial charge in [-0.25, -0.2) is 9.97 Å². The van der Waals surface area contributed by atoms with Crippen LogP contribution in [0.4, 0.5) is 11.5 Å². The van der Waals surface area contributed by atoms with Crippen molar-refractivity contribution in [3.63, 3.8) is 0 Å². The van der Waals surface area contributed by atoms with Crippen molar-refractivity contribution in [2.75, 3.05) is 17.7 Å². The first kappa shape index (κ1) is 17.6. The summed E-state index contributed by atoms with van der Waals surface area (Å²) >= 11 is 1.50. The monoisotopic (exact) mass is 372 g/mol. The summed E-state index contributed by atoms with van der Waals surface area (Å²) < 4.78 is 0. The molecular formula is C22H20N4S. The first-order valence-electron chi connectivity index (χ1n) is 9.00. The summed E-state index contributed by atoms with van der Waals surface area (Å²) in [5, 5.41) is 10.7. The van der Waals surface area contributed by atoms with Crippen molar-refractivity contribution < 1.29 is 0 Å². The predicted molar refractivity (Wildman–Crippen MR) is 110 cm³/mol. The van der Waals surface area contributed by atoms with E-state index in [2.05, 4.69) is 41.1 Å². The normalized spacial score (nSPS) is 13.1. The minimum atomic E-state index is 0.536. The van der Waals surface area contributed by atoms with Crippen LogP contribution in [0.25, 0.3) is 11.3 Å². The summed E-state index contributed by atoms with van der Waals surface area (Å²) in [5.74, 6) is 0.708. The predicted octanol–water partition coefficient (Wildman–Crippen LogP) is 5.13. The van der Waals surface area contributed by atoms with Gasteiger partial charge in [-0.1, -0.05) is 59.8 Å². The number of aromatic nitrogens is 2. The minimum Gasteiger partial charge on any atom is -0.325 e. The molecule has 2 aromatic carbocycles. The molecule has 0 saturated carbocycles. The summed E-state index contributed by atoms with van der Waals surface area (Å²) in [6, 6.07) is 18.9. The van der Waals surface area contributed by atoms with Crippen LogP contribution in [0.2, 0.25) is 0 Å². The molecule has 4 rings (SSSR count). The van der Waals surface area contributed by atoms with Gasteiger partial charge in [-0.05, 0) is 37.7 Å². The summed E-state index contributed by atoms with van der Waals surface area (Å²) in [4.78, 5) is 11.6. The zero-order valence-electron chi connectivity index (χ0n) is 15.4. The van der Waals surface area contributed by atoms with E-state index < -0.39 is 0 Å². The van der Waals surface area contributed by atoms with Gasteiger partial charge in [0.25, 0.3) is 0 Å².